The summed E-state index contributed by atoms with van der Waals surface area (Å²) in [6, 6.07) is 26.3. The van der Waals surface area contributed by atoms with E-state index >= 15 is 0 Å². The molecule has 0 aliphatic rings. The number of carbonyl (C=O) groups is 2. The van der Waals surface area contributed by atoms with Crippen molar-refractivity contribution in [2.24, 2.45) is 0 Å². The zero-order valence-electron chi connectivity index (χ0n) is 25.4. The molecule has 43 heavy (non-hydrogen) atoms. The zero-order valence-corrected chi connectivity index (χ0v) is 25.4. The Morgan fingerprint density at radius 2 is 1.51 bits per heavy atom. The lowest BCUT2D eigenvalue weighted by Crippen LogP contribution is -2.47. The number of hydrogen-bond acceptors (Lipinski definition) is 5. The molecule has 3 aromatic carbocycles. The molecule has 4 rings (SSSR count). The molecule has 9 nitrogen and oxygen atoms in total. The first-order valence-electron chi connectivity index (χ1n) is 14.2. The highest BCUT2D eigenvalue weighted by Crippen LogP contribution is 2.29. The maximum atomic E-state index is 13.9. The van der Waals surface area contributed by atoms with E-state index in [-0.39, 0.29) is 18.5 Å². The van der Waals surface area contributed by atoms with Crippen LogP contribution in [0.5, 0.6) is 17.2 Å². The first kappa shape index (κ1) is 31.0. The minimum absolute atomic E-state index is 0.0919. The molecule has 0 aliphatic heterocycles. The quantitative estimate of drug-likeness (QED) is 0.207. The van der Waals surface area contributed by atoms with E-state index in [1.54, 1.807) is 37.3 Å². The van der Waals surface area contributed by atoms with Crippen LogP contribution in [0, 0.1) is 0 Å². The summed E-state index contributed by atoms with van der Waals surface area (Å²) in [7, 11) is 4.75. The highest BCUT2D eigenvalue weighted by molar-refractivity contribution is 5.94. The number of benzene rings is 3. The van der Waals surface area contributed by atoms with Gasteiger partial charge in [0.25, 0.3) is 0 Å². The summed E-state index contributed by atoms with van der Waals surface area (Å²) in [6.45, 7) is 5.11. The molecule has 0 aliphatic carbocycles. The van der Waals surface area contributed by atoms with Crippen molar-refractivity contribution in [1.82, 2.24) is 14.4 Å². The van der Waals surface area contributed by atoms with Gasteiger partial charge in [-0.3, -0.25) is 4.79 Å². The second-order valence-electron chi connectivity index (χ2n) is 10.4. The summed E-state index contributed by atoms with van der Waals surface area (Å²) in [5.74, 6) is 1.71. The van der Waals surface area contributed by atoms with Crippen LogP contribution in [-0.4, -0.2) is 60.2 Å². The molecule has 0 saturated carbocycles. The van der Waals surface area contributed by atoms with Crippen LogP contribution in [-0.2, 0) is 24.4 Å². The van der Waals surface area contributed by atoms with Crippen molar-refractivity contribution < 1.29 is 23.8 Å². The number of ether oxygens (including phenoxy) is 3. The molecular weight excluding hydrogens is 544 g/mol. The number of nitrogens with one attached hydrogen (secondary N) is 1. The Labute approximate surface area is 253 Å². The summed E-state index contributed by atoms with van der Waals surface area (Å²) in [6.07, 6.45) is 2.01. The Kier molecular flexibility index (Phi) is 10.7. The van der Waals surface area contributed by atoms with Crippen LogP contribution < -0.4 is 19.5 Å². The van der Waals surface area contributed by atoms with Crippen molar-refractivity contribution in [3.8, 4) is 17.2 Å². The average Bonchev–Trinajstić information content (AvgIpc) is 3.45. The minimum atomic E-state index is -0.395. The summed E-state index contributed by atoms with van der Waals surface area (Å²) in [5, 5.41) is 2.90. The lowest BCUT2D eigenvalue weighted by atomic mass is 10.2. The van der Waals surface area contributed by atoms with E-state index in [1.165, 1.54) is 12.0 Å². The molecule has 4 aromatic rings. The van der Waals surface area contributed by atoms with Gasteiger partial charge in [-0.15, -0.1) is 0 Å². The van der Waals surface area contributed by atoms with E-state index in [0.29, 0.717) is 36.8 Å². The monoisotopic (exact) mass is 584 g/mol. The number of rotatable bonds is 13. The summed E-state index contributed by atoms with van der Waals surface area (Å²) in [5.41, 5.74) is 3.57. The molecule has 0 radical (unpaired) electrons. The number of nitrogens with zero attached hydrogens (tertiary/aromatic N) is 3. The molecule has 226 valence electrons. The Bertz CT molecular complexity index is 1500. The highest BCUT2D eigenvalue weighted by Gasteiger charge is 2.25. The topological polar surface area (TPSA) is 85.3 Å². The number of aromatic nitrogens is 1. The van der Waals surface area contributed by atoms with Crippen LogP contribution in [0.4, 0.5) is 10.5 Å². The third kappa shape index (κ3) is 8.31. The van der Waals surface area contributed by atoms with Gasteiger partial charge in [-0.1, -0.05) is 42.5 Å². The lowest BCUT2D eigenvalue weighted by Gasteiger charge is -2.30. The third-order valence-electron chi connectivity index (χ3n) is 7.17. The van der Waals surface area contributed by atoms with E-state index in [9.17, 15) is 9.59 Å². The van der Waals surface area contributed by atoms with Gasteiger partial charge in [-0.25, -0.2) is 4.79 Å². The molecule has 1 N–H and O–H groups in total. The van der Waals surface area contributed by atoms with Gasteiger partial charge in [-0.2, -0.15) is 0 Å². The SMILES string of the molecule is COc1cccc(Cn2cccc2CN(Cc2ccccc2)C(=O)CN(C(=O)Nc2ccc(OC)cc2OC)C(C)C)c1. The van der Waals surface area contributed by atoms with E-state index in [0.717, 1.165) is 22.6 Å². The van der Waals surface area contributed by atoms with Gasteiger partial charge >= 0.3 is 6.03 Å². The van der Waals surface area contributed by atoms with E-state index in [4.69, 9.17) is 14.2 Å². The van der Waals surface area contributed by atoms with E-state index in [1.807, 2.05) is 80.7 Å². The van der Waals surface area contributed by atoms with Gasteiger partial charge in [0.15, 0.2) is 0 Å². The zero-order chi connectivity index (χ0) is 30.8. The molecule has 3 amide bonds. The predicted octanol–water partition coefficient (Wildman–Crippen LogP) is 6.03. The maximum Gasteiger partial charge on any atom is 0.322 e. The van der Waals surface area contributed by atoms with Gasteiger partial charge in [-0.05, 0) is 61.4 Å². The van der Waals surface area contributed by atoms with Crippen LogP contribution in [0.1, 0.15) is 30.7 Å². The Hall–Kier alpha value is -4.92. The Morgan fingerprint density at radius 3 is 2.21 bits per heavy atom. The standard InChI is InChI=1S/C34H40N4O5/c1-25(2)38(34(40)35-31-17-16-30(42-4)20-32(31)43-5)24-33(39)37(21-26-11-7-6-8-12-26)23-28-14-10-18-36(28)22-27-13-9-15-29(19-27)41-3/h6-20,25H,21-24H2,1-5H3,(H,35,40). The molecule has 0 unspecified atom stereocenters. The number of hydrogen-bond donors (Lipinski definition) is 1. The smallest absolute Gasteiger partial charge is 0.322 e. The van der Waals surface area contributed by atoms with Crippen LogP contribution in [0.2, 0.25) is 0 Å². The fourth-order valence-electron chi connectivity index (χ4n) is 4.77. The second-order valence-corrected chi connectivity index (χ2v) is 10.4. The Balaban J connectivity index is 1.54. The molecule has 1 aromatic heterocycles. The number of urea groups is 1. The van der Waals surface area contributed by atoms with Gasteiger partial charge in [0.2, 0.25) is 5.91 Å². The molecular formula is C34H40N4O5. The van der Waals surface area contributed by atoms with E-state index < -0.39 is 6.03 Å². The van der Waals surface area contributed by atoms with Gasteiger partial charge in [0, 0.05) is 37.1 Å². The van der Waals surface area contributed by atoms with Gasteiger partial charge in [0.05, 0.1) is 33.6 Å². The molecule has 0 spiro atoms. The third-order valence-corrected chi connectivity index (χ3v) is 7.17. The first-order chi connectivity index (χ1) is 20.8. The fraction of sp³-hybridized carbons (Fsp3) is 0.294. The highest BCUT2D eigenvalue weighted by atomic mass is 16.5. The van der Waals surface area contributed by atoms with Crippen LogP contribution in [0.15, 0.2) is 91.1 Å². The summed E-state index contributed by atoms with van der Waals surface area (Å²) in [4.78, 5) is 30.7. The normalized spacial score (nSPS) is 10.7. The van der Waals surface area contributed by atoms with Crippen LogP contribution in [0.3, 0.4) is 0 Å². The molecule has 0 saturated heterocycles. The van der Waals surface area contributed by atoms with Crippen LogP contribution in [0.25, 0.3) is 0 Å². The summed E-state index contributed by atoms with van der Waals surface area (Å²) < 4.78 is 18.2. The van der Waals surface area contributed by atoms with Crippen molar-refractivity contribution in [2.45, 2.75) is 39.5 Å². The molecule has 1 heterocycles. The fourth-order valence-corrected chi connectivity index (χ4v) is 4.77. The van der Waals surface area contributed by atoms with Gasteiger partial charge in [0.1, 0.15) is 23.8 Å². The van der Waals surface area contributed by atoms with Crippen LogP contribution >= 0.6 is 0 Å². The second kappa shape index (κ2) is 14.8. The van der Waals surface area contributed by atoms with Crippen molar-refractivity contribution in [1.29, 1.82) is 0 Å². The van der Waals surface area contributed by atoms with Gasteiger partial charge < -0.3 is 33.9 Å². The largest absolute Gasteiger partial charge is 0.497 e. The lowest BCUT2D eigenvalue weighted by molar-refractivity contribution is -0.133. The van der Waals surface area contributed by atoms with E-state index in [2.05, 4.69) is 16.0 Å². The van der Waals surface area contributed by atoms with Crippen molar-refractivity contribution in [2.75, 3.05) is 33.2 Å². The van der Waals surface area contributed by atoms with Crippen molar-refractivity contribution in [3.63, 3.8) is 0 Å². The molecule has 0 bridgehead atoms. The number of amides is 3. The Morgan fingerprint density at radius 1 is 0.791 bits per heavy atom. The number of carbonyl (C=O) groups excluding carboxylic acids is 2. The predicted molar refractivity (Wildman–Crippen MR) is 168 cm³/mol. The number of anilines is 1. The van der Waals surface area contributed by atoms with Crippen molar-refractivity contribution in [3.05, 3.63) is 108 Å². The molecule has 9 heteroatoms. The molecule has 0 fully saturated rings. The minimum Gasteiger partial charge on any atom is -0.497 e. The first-order valence-corrected chi connectivity index (χ1v) is 14.2. The number of methoxy groups -OCH3 is 3. The average molecular weight is 585 g/mol. The summed E-state index contributed by atoms with van der Waals surface area (Å²) >= 11 is 0. The van der Waals surface area contributed by atoms with Crippen molar-refractivity contribution >= 4 is 17.6 Å². The molecule has 0 atom stereocenters. The maximum absolute atomic E-state index is 13.9.